The SMILES string of the molecule is FC(F)(F)c1ccccc1CN1CCc2nc(-c3ccco3)ncc2C1. The van der Waals surface area contributed by atoms with Crippen LogP contribution < -0.4 is 0 Å². The van der Waals surface area contributed by atoms with E-state index in [2.05, 4.69) is 9.97 Å². The molecule has 0 fully saturated rings. The maximum absolute atomic E-state index is 13.2. The van der Waals surface area contributed by atoms with Gasteiger partial charge < -0.3 is 4.42 Å². The van der Waals surface area contributed by atoms with Gasteiger partial charge in [0, 0.05) is 37.8 Å². The summed E-state index contributed by atoms with van der Waals surface area (Å²) in [4.78, 5) is 10.9. The van der Waals surface area contributed by atoms with E-state index in [-0.39, 0.29) is 12.1 Å². The van der Waals surface area contributed by atoms with Gasteiger partial charge >= 0.3 is 6.18 Å². The van der Waals surface area contributed by atoms with Crippen molar-refractivity contribution in [1.29, 1.82) is 0 Å². The first-order chi connectivity index (χ1) is 12.5. The molecule has 3 heterocycles. The molecule has 0 saturated carbocycles. The van der Waals surface area contributed by atoms with Crippen LogP contribution >= 0.6 is 0 Å². The molecule has 0 N–H and O–H groups in total. The summed E-state index contributed by atoms with van der Waals surface area (Å²) in [5.74, 6) is 1.14. The van der Waals surface area contributed by atoms with Crippen molar-refractivity contribution in [2.75, 3.05) is 6.54 Å². The number of benzene rings is 1. The highest BCUT2D eigenvalue weighted by molar-refractivity contribution is 5.47. The van der Waals surface area contributed by atoms with Crippen molar-refractivity contribution < 1.29 is 17.6 Å². The molecule has 7 heteroatoms. The first kappa shape index (κ1) is 16.8. The van der Waals surface area contributed by atoms with Gasteiger partial charge in [-0.05, 0) is 23.8 Å². The monoisotopic (exact) mass is 359 g/mol. The van der Waals surface area contributed by atoms with Gasteiger partial charge in [0.1, 0.15) is 0 Å². The largest absolute Gasteiger partial charge is 0.461 e. The number of halogens is 3. The number of hydrogen-bond acceptors (Lipinski definition) is 4. The van der Waals surface area contributed by atoms with Gasteiger partial charge in [0.2, 0.25) is 0 Å². The summed E-state index contributed by atoms with van der Waals surface area (Å²) in [6.45, 7) is 1.42. The molecule has 0 saturated heterocycles. The Morgan fingerprint density at radius 3 is 2.73 bits per heavy atom. The molecule has 4 rings (SSSR count). The van der Waals surface area contributed by atoms with E-state index in [1.54, 1.807) is 30.7 Å². The fraction of sp³-hybridized carbons (Fsp3) is 0.263. The van der Waals surface area contributed by atoms with Gasteiger partial charge in [0.15, 0.2) is 11.6 Å². The molecule has 1 aliphatic rings. The standard InChI is InChI=1S/C19H16F3N3O/c20-19(21,22)15-5-2-1-4-13(15)11-25-8-7-16-14(12-25)10-23-18(24-16)17-6-3-9-26-17/h1-6,9-10H,7-8,11-12H2. The normalized spacial score (nSPS) is 15.0. The van der Waals surface area contributed by atoms with E-state index in [1.165, 1.54) is 12.1 Å². The molecule has 0 atom stereocenters. The lowest BCUT2D eigenvalue weighted by molar-refractivity contribution is -0.138. The lowest BCUT2D eigenvalue weighted by atomic mass is 10.0. The molecule has 2 aromatic heterocycles. The van der Waals surface area contributed by atoms with Crippen LogP contribution in [0.25, 0.3) is 11.6 Å². The lowest BCUT2D eigenvalue weighted by Crippen LogP contribution is -2.31. The van der Waals surface area contributed by atoms with E-state index in [0.717, 1.165) is 17.3 Å². The Balaban J connectivity index is 1.53. The van der Waals surface area contributed by atoms with E-state index in [0.29, 0.717) is 31.1 Å². The summed E-state index contributed by atoms with van der Waals surface area (Å²) in [5, 5.41) is 0. The number of rotatable bonds is 3. The summed E-state index contributed by atoms with van der Waals surface area (Å²) < 4.78 is 44.8. The third-order valence-corrected chi connectivity index (χ3v) is 4.47. The average molecular weight is 359 g/mol. The van der Waals surface area contributed by atoms with Crippen LogP contribution in [0.15, 0.2) is 53.3 Å². The van der Waals surface area contributed by atoms with Crippen LogP contribution in [0.1, 0.15) is 22.4 Å². The lowest BCUT2D eigenvalue weighted by Gasteiger charge is -2.28. The van der Waals surface area contributed by atoms with Crippen LogP contribution in [0.4, 0.5) is 13.2 Å². The van der Waals surface area contributed by atoms with Gasteiger partial charge in [-0.25, -0.2) is 9.97 Å². The van der Waals surface area contributed by atoms with Gasteiger partial charge in [-0.15, -0.1) is 0 Å². The fourth-order valence-electron chi connectivity index (χ4n) is 3.21. The second-order valence-electron chi connectivity index (χ2n) is 6.26. The topological polar surface area (TPSA) is 42.2 Å². The minimum Gasteiger partial charge on any atom is -0.461 e. The predicted octanol–water partition coefficient (Wildman–Crippen LogP) is 4.31. The van der Waals surface area contributed by atoms with Gasteiger partial charge in [0.05, 0.1) is 17.5 Å². The highest BCUT2D eigenvalue weighted by atomic mass is 19.4. The second kappa shape index (κ2) is 6.57. The summed E-state index contributed by atoms with van der Waals surface area (Å²) in [6.07, 6.45) is -0.370. The molecule has 3 aromatic rings. The van der Waals surface area contributed by atoms with Crippen LogP contribution in [0, 0.1) is 0 Å². The van der Waals surface area contributed by atoms with Gasteiger partial charge in [-0.2, -0.15) is 13.2 Å². The van der Waals surface area contributed by atoms with Crippen molar-refractivity contribution in [3.05, 3.63) is 71.2 Å². The molecular weight excluding hydrogens is 343 g/mol. The highest BCUT2D eigenvalue weighted by Gasteiger charge is 2.33. The Bertz CT molecular complexity index is 907. The molecule has 0 bridgehead atoms. The van der Waals surface area contributed by atoms with Crippen molar-refractivity contribution in [3.8, 4) is 11.6 Å². The minimum atomic E-state index is -4.34. The molecule has 4 nitrogen and oxygen atoms in total. The van der Waals surface area contributed by atoms with Crippen molar-refractivity contribution in [2.45, 2.75) is 25.7 Å². The number of alkyl halides is 3. The number of aromatic nitrogens is 2. The molecule has 1 aliphatic heterocycles. The zero-order valence-corrected chi connectivity index (χ0v) is 13.8. The number of fused-ring (bicyclic) bond motifs is 1. The predicted molar refractivity (Wildman–Crippen MR) is 89.0 cm³/mol. The smallest absolute Gasteiger partial charge is 0.416 e. The average Bonchev–Trinajstić information content (AvgIpc) is 3.15. The molecular formula is C19H16F3N3O. The van der Waals surface area contributed by atoms with Gasteiger partial charge in [0.25, 0.3) is 0 Å². The third-order valence-electron chi connectivity index (χ3n) is 4.47. The molecule has 0 spiro atoms. The molecule has 0 unspecified atom stereocenters. The van der Waals surface area contributed by atoms with E-state index < -0.39 is 11.7 Å². The Morgan fingerprint density at radius 2 is 1.96 bits per heavy atom. The Hall–Kier alpha value is -2.67. The summed E-state index contributed by atoms with van der Waals surface area (Å²) in [6, 6.07) is 9.30. The molecule has 0 aliphatic carbocycles. The molecule has 0 amide bonds. The van der Waals surface area contributed by atoms with Crippen LogP contribution in [0.5, 0.6) is 0 Å². The van der Waals surface area contributed by atoms with Crippen molar-refractivity contribution in [2.24, 2.45) is 0 Å². The summed E-state index contributed by atoms with van der Waals surface area (Å²) >= 11 is 0. The zero-order chi connectivity index (χ0) is 18.1. The second-order valence-corrected chi connectivity index (χ2v) is 6.26. The number of furan rings is 1. The van der Waals surface area contributed by atoms with Crippen LogP contribution in [0.2, 0.25) is 0 Å². The fourth-order valence-corrected chi connectivity index (χ4v) is 3.21. The van der Waals surface area contributed by atoms with E-state index >= 15 is 0 Å². The van der Waals surface area contributed by atoms with Gasteiger partial charge in [-0.3, -0.25) is 4.90 Å². The van der Waals surface area contributed by atoms with Crippen molar-refractivity contribution in [1.82, 2.24) is 14.9 Å². The Kier molecular flexibility index (Phi) is 4.24. The van der Waals surface area contributed by atoms with E-state index in [9.17, 15) is 13.2 Å². The number of hydrogen-bond donors (Lipinski definition) is 0. The maximum Gasteiger partial charge on any atom is 0.416 e. The zero-order valence-electron chi connectivity index (χ0n) is 13.8. The maximum atomic E-state index is 13.2. The summed E-state index contributed by atoms with van der Waals surface area (Å²) in [7, 11) is 0. The highest BCUT2D eigenvalue weighted by Crippen LogP contribution is 2.33. The third kappa shape index (κ3) is 3.35. The first-order valence-electron chi connectivity index (χ1n) is 8.27. The van der Waals surface area contributed by atoms with Crippen LogP contribution in [-0.4, -0.2) is 21.4 Å². The Morgan fingerprint density at radius 1 is 1.12 bits per heavy atom. The molecule has 1 aromatic carbocycles. The van der Waals surface area contributed by atoms with Gasteiger partial charge in [-0.1, -0.05) is 18.2 Å². The van der Waals surface area contributed by atoms with Crippen molar-refractivity contribution in [3.63, 3.8) is 0 Å². The molecule has 0 radical (unpaired) electrons. The van der Waals surface area contributed by atoms with E-state index in [1.807, 2.05) is 4.90 Å². The molecule has 26 heavy (non-hydrogen) atoms. The summed E-state index contributed by atoms with van der Waals surface area (Å²) in [5.41, 5.74) is 1.58. The number of nitrogens with zero attached hydrogens (tertiary/aromatic N) is 3. The van der Waals surface area contributed by atoms with Crippen LogP contribution in [0.3, 0.4) is 0 Å². The van der Waals surface area contributed by atoms with Crippen molar-refractivity contribution >= 4 is 0 Å². The van der Waals surface area contributed by atoms with Crippen LogP contribution in [-0.2, 0) is 25.7 Å². The molecule has 134 valence electrons. The van der Waals surface area contributed by atoms with E-state index in [4.69, 9.17) is 4.42 Å². The minimum absolute atomic E-state index is 0.245. The first-order valence-corrected chi connectivity index (χ1v) is 8.27. The Labute approximate surface area is 148 Å². The quantitative estimate of drug-likeness (QED) is 0.699.